The molecule has 2 amide bonds. The van der Waals surface area contributed by atoms with Crippen molar-refractivity contribution in [3.63, 3.8) is 0 Å². The Balaban J connectivity index is 1.46. The molecule has 0 aliphatic carbocycles. The highest BCUT2D eigenvalue weighted by molar-refractivity contribution is 5.99. The highest BCUT2D eigenvalue weighted by Gasteiger charge is 2.23. The Morgan fingerprint density at radius 3 is 2.30 bits per heavy atom. The van der Waals surface area contributed by atoms with Gasteiger partial charge in [0, 0.05) is 56.7 Å². The number of benzene rings is 1. The summed E-state index contributed by atoms with van der Waals surface area (Å²) >= 11 is 0. The summed E-state index contributed by atoms with van der Waals surface area (Å²) in [5.74, 6) is 0.151. The van der Waals surface area contributed by atoms with Crippen LogP contribution in [0.1, 0.15) is 27.3 Å². The maximum absolute atomic E-state index is 12.6. The summed E-state index contributed by atoms with van der Waals surface area (Å²) in [5.41, 5.74) is 3.99. The molecule has 0 spiro atoms. The lowest BCUT2D eigenvalue weighted by Crippen LogP contribution is -2.52. The van der Waals surface area contributed by atoms with Crippen molar-refractivity contribution in [2.75, 3.05) is 32.7 Å². The van der Waals surface area contributed by atoms with Gasteiger partial charge in [-0.3, -0.25) is 9.69 Å². The van der Waals surface area contributed by atoms with Crippen molar-refractivity contribution < 1.29 is 9.59 Å². The zero-order valence-electron chi connectivity index (χ0n) is 16.4. The number of carbonyl (C=O) groups excluding carboxylic acids is 2. The molecule has 0 saturated carbocycles. The third kappa shape index (κ3) is 4.57. The molecule has 1 N–H and O–H groups in total. The molecule has 2 heterocycles. The number of carbonyl (C=O) groups is 2. The van der Waals surface area contributed by atoms with Crippen LogP contribution < -0.4 is 5.32 Å². The SMILES string of the molecule is Cc1cc(C(=O)CN2CCN(C(=O)NCc3ccccc3)CC2)c(C)n1C. The Hall–Kier alpha value is -2.60. The number of aryl methyl sites for hydroxylation is 1. The molecule has 1 aliphatic heterocycles. The second-order valence-corrected chi connectivity index (χ2v) is 7.17. The first-order valence-electron chi connectivity index (χ1n) is 9.41. The zero-order valence-corrected chi connectivity index (χ0v) is 16.4. The quantitative estimate of drug-likeness (QED) is 0.825. The van der Waals surface area contributed by atoms with E-state index in [9.17, 15) is 9.59 Å². The van der Waals surface area contributed by atoms with Crippen molar-refractivity contribution >= 4 is 11.8 Å². The third-order valence-electron chi connectivity index (χ3n) is 5.39. The van der Waals surface area contributed by atoms with Gasteiger partial charge in [0.25, 0.3) is 0 Å². The summed E-state index contributed by atoms with van der Waals surface area (Å²) < 4.78 is 2.04. The van der Waals surface area contributed by atoms with Crippen LogP contribution in [-0.2, 0) is 13.6 Å². The Labute approximate surface area is 160 Å². The molecule has 1 aromatic heterocycles. The predicted molar refractivity (Wildman–Crippen MR) is 106 cm³/mol. The van der Waals surface area contributed by atoms with Gasteiger partial charge in [0.15, 0.2) is 5.78 Å². The molecule has 0 radical (unpaired) electrons. The number of ketones is 1. The Kier molecular flexibility index (Phi) is 5.96. The van der Waals surface area contributed by atoms with Crippen LogP contribution in [0.5, 0.6) is 0 Å². The monoisotopic (exact) mass is 368 g/mol. The average molecular weight is 368 g/mol. The fraction of sp³-hybridized carbons (Fsp3) is 0.429. The minimum absolute atomic E-state index is 0.0423. The summed E-state index contributed by atoms with van der Waals surface area (Å²) in [4.78, 5) is 28.9. The standard InChI is InChI=1S/C21H28N4O2/c1-16-13-19(17(2)23(16)3)20(26)15-24-9-11-25(12-10-24)21(27)22-14-18-7-5-4-6-8-18/h4-8,13H,9-12,14-15H2,1-3H3,(H,22,27). The predicted octanol–water partition coefficient (Wildman–Crippen LogP) is 2.35. The number of nitrogens with one attached hydrogen (secondary N) is 1. The van der Waals surface area contributed by atoms with Crippen LogP contribution in [0.2, 0.25) is 0 Å². The summed E-state index contributed by atoms with van der Waals surface area (Å²) in [5, 5.41) is 2.97. The van der Waals surface area contributed by atoms with Gasteiger partial charge in [-0.2, -0.15) is 0 Å². The average Bonchev–Trinajstić information content (AvgIpc) is 2.95. The maximum atomic E-state index is 12.6. The molecule has 0 atom stereocenters. The van der Waals surface area contributed by atoms with Gasteiger partial charge < -0.3 is 14.8 Å². The minimum atomic E-state index is -0.0423. The summed E-state index contributed by atoms with van der Waals surface area (Å²) in [6, 6.07) is 11.8. The Morgan fingerprint density at radius 2 is 1.70 bits per heavy atom. The van der Waals surface area contributed by atoms with Crippen molar-refractivity contribution in [2.45, 2.75) is 20.4 Å². The van der Waals surface area contributed by atoms with Crippen LogP contribution in [0, 0.1) is 13.8 Å². The van der Waals surface area contributed by atoms with Gasteiger partial charge in [0.2, 0.25) is 0 Å². The highest BCUT2D eigenvalue weighted by atomic mass is 16.2. The highest BCUT2D eigenvalue weighted by Crippen LogP contribution is 2.15. The normalized spacial score (nSPS) is 15.0. The third-order valence-corrected chi connectivity index (χ3v) is 5.39. The number of hydrogen-bond donors (Lipinski definition) is 1. The number of hydrogen-bond acceptors (Lipinski definition) is 3. The molecule has 6 heteroatoms. The van der Waals surface area contributed by atoms with E-state index in [1.54, 1.807) is 0 Å². The smallest absolute Gasteiger partial charge is 0.317 e. The molecule has 27 heavy (non-hydrogen) atoms. The molecule has 0 bridgehead atoms. The summed E-state index contributed by atoms with van der Waals surface area (Å²) in [6.45, 7) is 7.65. The zero-order chi connectivity index (χ0) is 19.4. The molecule has 1 saturated heterocycles. The number of nitrogens with zero attached hydrogens (tertiary/aromatic N) is 3. The largest absolute Gasteiger partial charge is 0.351 e. The van der Waals surface area contributed by atoms with E-state index in [0.29, 0.717) is 26.2 Å². The van der Waals surface area contributed by atoms with E-state index < -0.39 is 0 Å². The Bertz CT molecular complexity index is 805. The molecule has 1 aliphatic rings. The molecule has 1 aromatic carbocycles. The van der Waals surface area contributed by atoms with Crippen molar-refractivity contribution in [1.82, 2.24) is 19.7 Å². The summed E-state index contributed by atoms with van der Waals surface area (Å²) in [7, 11) is 1.98. The van der Waals surface area contributed by atoms with Gasteiger partial charge in [-0.25, -0.2) is 4.79 Å². The van der Waals surface area contributed by atoms with Crippen LogP contribution in [-0.4, -0.2) is 58.9 Å². The lowest BCUT2D eigenvalue weighted by atomic mass is 10.1. The van der Waals surface area contributed by atoms with Crippen LogP contribution in [0.15, 0.2) is 36.4 Å². The number of rotatable bonds is 5. The van der Waals surface area contributed by atoms with Crippen LogP contribution >= 0.6 is 0 Å². The van der Waals surface area contributed by atoms with E-state index in [4.69, 9.17) is 0 Å². The van der Waals surface area contributed by atoms with E-state index in [2.05, 4.69) is 10.2 Å². The molecular weight excluding hydrogens is 340 g/mol. The van der Waals surface area contributed by atoms with Crippen molar-refractivity contribution in [3.8, 4) is 0 Å². The summed E-state index contributed by atoms with van der Waals surface area (Å²) in [6.07, 6.45) is 0. The van der Waals surface area contributed by atoms with Gasteiger partial charge in [0.1, 0.15) is 0 Å². The van der Waals surface area contributed by atoms with Crippen molar-refractivity contribution in [3.05, 3.63) is 58.9 Å². The fourth-order valence-electron chi connectivity index (χ4n) is 3.42. The van der Waals surface area contributed by atoms with Gasteiger partial charge in [-0.15, -0.1) is 0 Å². The molecule has 3 rings (SSSR count). The van der Waals surface area contributed by atoms with E-state index >= 15 is 0 Å². The van der Waals surface area contributed by atoms with Gasteiger partial charge in [-0.1, -0.05) is 30.3 Å². The number of Topliss-reactive ketones (excluding diaryl/α,β-unsaturated/α-hetero) is 1. The van der Waals surface area contributed by atoms with Crippen molar-refractivity contribution in [2.24, 2.45) is 7.05 Å². The van der Waals surface area contributed by atoms with Crippen LogP contribution in [0.25, 0.3) is 0 Å². The first kappa shape index (κ1) is 19.2. The second-order valence-electron chi connectivity index (χ2n) is 7.17. The van der Waals surface area contributed by atoms with Gasteiger partial charge in [0.05, 0.1) is 6.54 Å². The molecule has 144 valence electrons. The second kappa shape index (κ2) is 8.39. The van der Waals surface area contributed by atoms with Crippen LogP contribution in [0.4, 0.5) is 4.79 Å². The van der Waals surface area contributed by atoms with E-state index in [-0.39, 0.29) is 11.8 Å². The van der Waals surface area contributed by atoms with Crippen molar-refractivity contribution in [1.29, 1.82) is 0 Å². The maximum Gasteiger partial charge on any atom is 0.317 e. The minimum Gasteiger partial charge on any atom is -0.351 e. The molecule has 0 unspecified atom stereocenters. The van der Waals surface area contributed by atoms with Gasteiger partial charge in [-0.05, 0) is 25.5 Å². The molecule has 6 nitrogen and oxygen atoms in total. The first-order valence-corrected chi connectivity index (χ1v) is 9.41. The van der Waals surface area contributed by atoms with Crippen LogP contribution in [0.3, 0.4) is 0 Å². The Morgan fingerprint density at radius 1 is 1.04 bits per heavy atom. The molecule has 1 fully saturated rings. The van der Waals surface area contributed by atoms with E-state index in [0.717, 1.165) is 35.6 Å². The topological polar surface area (TPSA) is 57.6 Å². The van der Waals surface area contributed by atoms with Gasteiger partial charge >= 0.3 is 6.03 Å². The number of urea groups is 1. The molecule has 2 aromatic rings. The molecular formula is C21H28N4O2. The number of aromatic nitrogens is 1. The lowest BCUT2D eigenvalue weighted by Gasteiger charge is -2.34. The first-order chi connectivity index (χ1) is 13.0. The lowest BCUT2D eigenvalue weighted by molar-refractivity contribution is 0.0877. The van der Waals surface area contributed by atoms with E-state index in [1.807, 2.05) is 66.8 Å². The fourth-order valence-corrected chi connectivity index (χ4v) is 3.42. The number of piperazine rings is 1. The number of amides is 2. The van der Waals surface area contributed by atoms with E-state index in [1.165, 1.54) is 0 Å².